The Labute approximate surface area is 49.6 Å². The van der Waals surface area contributed by atoms with E-state index in [0.717, 1.165) is 11.3 Å². The number of nitrogens with one attached hydrogen (secondary N) is 1. The highest BCUT2D eigenvalue weighted by molar-refractivity contribution is 5.49. The van der Waals surface area contributed by atoms with Crippen molar-refractivity contribution < 1.29 is 4.79 Å². The molecule has 0 heterocycles. The van der Waals surface area contributed by atoms with Crippen LogP contribution in [0.1, 0.15) is 20.8 Å². The zero-order valence-electron chi connectivity index (χ0n) is 5.49. The van der Waals surface area contributed by atoms with Crippen LogP contribution in [-0.2, 0) is 4.79 Å². The van der Waals surface area contributed by atoms with E-state index >= 15 is 0 Å². The number of rotatable bonds is 2. The van der Waals surface area contributed by atoms with Crippen LogP contribution in [0.15, 0.2) is 11.3 Å². The summed E-state index contributed by atoms with van der Waals surface area (Å²) in [4.78, 5) is 9.77. The maximum atomic E-state index is 9.77. The molecule has 0 aromatic rings. The Morgan fingerprint density at radius 2 is 1.88 bits per heavy atom. The molecule has 0 unspecified atom stereocenters. The molecule has 0 spiro atoms. The molecule has 0 rings (SSSR count). The standard InChI is InChI=1S/C6H11NO/c1-5(2)6(3)7-4-8/h4H,1-3H3,(H,7,8). The summed E-state index contributed by atoms with van der Waals surface area (Å²) in [5, 5.41) is 2.54. The monoisotopic (exact) mass is 113 g/mol. The van der Waals surface area contributed by atoms with E-state index in [4.69, 9.17) is 0 Å². The average molecular weight is 113 g/mol. The van der Waals surface area contributed by atoms with Crippen molar-refractivity contribution in [1.82, 2.24) is 5.32 Å². The molecule has 1 N–H and O–H groups in total. The topological polar surface area (TPSA) is 29.1 Å². The highest BCUT2D eigenvalue weighted by Gasteiger charge is 1.84. The van der Waals surface area contributed by atoms with Crippen molar-refractivity contribution in [3.8, 4) is 0 Å². The summed E-state index contributed by atoms with van der Waals surface area (Å²) in [6.07, 6.45) is 0.683. The first-order valence-electron chi connectivity index (χ1n) is 2.52. The Morgan fingerprint density at radius 1 is 1.38 bits per heavy atom. The quantitative estimate of drug-likeness (QED) is 0.533. The average Bonchev–Trinajstić information content (AvgIpc) is 1.67. The Balaban J connectivity index is 3.79. The van der Waals surface area contributed by atoms with Gasteiger partial charge in [-0.05, 0) is 20.8 Å². The highest BCUT2D eigenvalue weighted by atomic mass is 16.1. The zero-order chi connectivity index (χ0) is 6.57. The summed E-state index contributed by atoms with van der Waals surface area (Å²) in [6.45, 7) is 5.77. The molecule has 46 valence electrons. The largest absolute Gasteiger partial charge is 0.333 e. The van der Waals surface area contributed by atoms with E-state index in [1.54, 1.807) is 0 Å². The summed E-state index contributed by atoms with van der Waals surface area (Å²) in [7, 11) is 0. The fourth-order valence-corrected chi connectivity index (χ4v) is 0.233. The molecule has 0 aliphatic heterocycles. The SMILES string of the molecule is CC(C)=C(C)NC=O. The second-order valence-corrected chi connectivity index (χ2v) is 1.89. The minimum atomic E-state index is 0.683. The lowest BCUT2D eigenvalue weighted by Gasteiger charge is -1.97. The maximum absolute atomic E-state index is 9.77. The summed E-state index contributed by atoms with van der Waals surface area (Å²) < 4.78 is 0. The second-order valence-electron chi connectivity index (χ2n) is 1.89. The van der Waals surface area contributed by atoms with Crippen LogP contribution in [0.3, 0.4) is 0 Å². The normalized spacial score (nSPS) is 7.88. The molecule has 0 aliphatic rings. The van der Waals surface area contributed by atoms with Crippen LogP contribution in [0.4, 0.5) is 0 Å². The number of hydrogen-bond donors (Lipinski definition) is 1. The molecule has 0 fully saturated rings. The molecule has 8 heavy (non-hydrogen) atoms. The number of allylic oxidation sites excluding steroid dienone is 2. The van der Waals surface area contributed by atoms with Gasteiger partial charge in [0.2, 0.25) is 6.41 Å². The van der Waals surface area contributed by atoms with E-state index in [1.165, 1.54) is 0 Å². The van der Waals surface area contributed by atoms with Crippen LogP contribution in [-0.4, -0.2) is 6.41 Å². The van der Waals surface area contributed by atoms with E-state index in [1.807, 2.05) is 20.8 Å². The van der Waals surface area contributed by atoms with Gasteiger partial charge in [0.25, 0.3) is 0 Å². The smallest absolute Gasteiger partial charge is 0.211 e. The van der Waals surface area contributed by atoms with Gasteiger partial charge in [0.1, 0.15) is 0 Å². The molecule has 0 aromatic carbocycles. The van der Waals surface area contributed by atoms with Gasteiger partial charge in [0.15, 0.2) is 0 Å². The molecule has 0 saturated carbocycles. The second kappa shape index (κ2) is 3.24. The van der Waals surface area contributed by atoms with Gasteiger partial charge in [-0.1, -0.05) is 5.57 Å². The Bertz CT molecular complexity index is 112. The van der Waals surface area contributed by atoms with Crippen LogP contribution in [0.2, 0.25) is 0 Å². The van der Waals surface area contributed by atoms with Crippen molar-refractivity contribution >= 4 is 6.41 Å². The first kappa shape index (κ1) is 7.21. The van der Waals surface area contributed by atoms with E-state index in [0.29, 0.717) is 6.41 Å². The fourth-order valence-electron chi connectivity index (χ4n) is 0.233. The van der Waals surface area contributed by atoms with Crippen LogP contribution in [0, 0.1) is 0 Å². The number of amides is 1. The van der Waals surface area contributed by atoms with Crippen molar-refractivity contribution in [1.29, 1.82) is 0 Å². The third kappa shape index (κ3) is 2.39. The minimum Gasteiger partial charge on any atom is -0.333 e. The number of carbonyl (C=O) groups is 1. The molecule has 2 heteroatoms. The summed E-state index contributed by atoms with van der Waals surface area (Å²) in [5.74, 6) is 0. The van der Waals surface area contributed by atoms with E-state index in [2.05, 4.69) is 5.32 Å². The lowest BCUT2D eigenvalue weighted by atomic mass is 10.3. The van der Waals surface area contributed by atoms with Crippen molar-refractivity contribution in [2.45, 2.75) is 20.8 Å². The van der Waals surface area contributed by atoms with Gasteiger partial charge in [0, 0.05) is 5.70 Å². The van der Waals surface area contributed by atoms with Crippen molar-refractivity contribution in [2.75, 3.05) is 0 Å². The molecular formula is C6H11NO. The zero-order valence-corrected chi connectivity index (χ0v) is 5.49. The number of carbonyl (C=O) groups excluding carboxylic acids is 1. The van der Waals surface area contributed by atoms with Gasteiger partial charge in [-0.25, -0.2) is 0 Å². The lowest BCUT2D eigenvalue weighted by molar-refractivity contribution is -0.108. The molecule has 0 bridgehead atoms. The van der Waals surface area contributed by atoms with Crippen molar-refractivity contribution in [2.24, 2.45) is 0 Å². The van der Waals surface area contributed by atoms with Gasteiger partial charge in [-0.15, -0.1) is 0 Å². The third-order valence-electron chi connectivity index (χ3n) is 1.03. The molecule has 0 saturated heterocycles. The summed E-state index contributed by atoms with van der Waals surface area (Å²) >= 11 is 0. The molecule has 0 aromatic heterocycles. The number of hydrogen-bond acceptors (Lipinski definition) is 1. The first-order valence-corrected chi connectivity index (χ1v) is 2.52. The molecule has 0 radical (unpaired) electrons. The van der Waals surface area contributed by atoms with Crippen LogP contribution in [0.25, 0.3) is 0 Å². The van der Waals surface area contributed by atoms with Gasteiger partial charge in [-0.3, -0.25) is 4.79 Å². The van der Waals surface area contributed by atoms with Crippen molar-refractivity contribution in [3.05, 3.63) is 11.3 Å². The van der Waals surface area contributed by atoms with E-state index in [9.17, 15) is 4.79 Å². The summed E-state index contributed by atoms with van der Waals surface area (Å²) in [6, 6.07) is 0. The van der Waals surface area contributed by atoms with Gasteiger partial charge < -0.3 is 5.32 Å². The van der Waals surface area contributed by atoms with E-state index in [-0.39, 0.29) is 0 Å². The minimum absolute atomic E-state index is 0.683. The van der Waals surface area contributed by atoms with Gasteiger partial charge in [-0.2, -0.15) is 0 Å². The molecule has 2 nitrogen and oxygen atoms in total. The predicted molar refractivity (Wildman–Crippen MR) is 33.2 cm³/mol. The van der Waals surface area contributed by atoms with Crippen LogP contribution >= 0.6 is 0 Å². The first-order chi connectivity index (χ1) is 3.68. The van der Waals surface area contributed by atoms with E-state index < -0.39 is 0 Å². The maximum Gasteiger partial charge on any atom is 0.211 e. The van der Waals surface area contributed by atoms with Crippen LogP contribution in [0.5, 0.6) is 0 Å². The van der Waals surface area contributed by atoms with Crippen LogP contribution < -0.4 is 5.32 Å². The van der Waals surface area contributed by atoms with Gasteiger partial charge >= 0.3 is 0 Å². The predicted octanol–water partition coefficient (Wildman–Crippen LogP) is 1.05. The van der Waals surface area contributed by atoms with Crippen molar-refractivity contribution in [3.63, 3.8) is 0 Å². The molecule has 1 amide bonds. The molecule has 0 atom stereocenters. The highest BCUT2D eigenvalue weighted by Crippen LogP contribution is 1.94. The Kier molecular flexibility index (Phi) is 2.92. The molecular weight excluding hydrogens is 102 g/mol. The Morgan fingerprint density at radius 3 is 2.00 bits per heavy atom. The Hall–Kier alpha value is -0.790. The van der Waals surface area contributed by atoms with Gasteiger partial charge in [0.05, 0.1) is 0 Å². The molecule has 0 aliphatic carbocycles. The lowest BCUT2D eigenvalue weighted by Crippen LogP contribution is -2.07. The fraction of sp³-hybridized carbons (Fsp3) is 0.500. The summed E-state index contributed by atoms with van der Waals surface area (Å²) in [5.41, 5.74) is 2.07. The third-order valence-corrected chi connectivity index (χ3v) is 1.03.